The molecule has 28 heavy (non-hydrogen) atoms. The van der Waals surface area contributed by atoms with Crippen LogP contribution < -0.4 is 10.6 Å². The Morgan fingerprint density at radius 3 is 2.32 bits per heavy atom. The Bertz CT molecular complexity index is 829. The van der Waals surface area contributed by atoms with Gasteiger partial charge in [-0.1, -0.05) is 55.8 Å². The van der Waals surface area contributed by atoms with Crippen molar-refractivity contribution in [1.82, 2.24) is 10.6 Å². The van der Waals surface area contributed by atoms with Crippen molar-refractivity contribution in [3.63, 3.8) is 0 Å². The van der Waals surface area contributed by atoms with Crippen molar-refractivity contribution < 1.29 is 19.5 Å². The number of benzene rings is 2. The fourth-order valence-corrected chi connectivity index (χ4v) is 2.56. The summed E-state index contributed by atoms with van der Waals surface area (Å²) in [6.45, 7) is 2.59. The second-order valence-electron chi connectivity index (χ2n) is 6.26. The van der Waals surface area contributed by atoms with E-state index in [9.17, 15) is 14.4 Å². The molecule has 0 fully saturated rings. The number of hydrogen-bond donors (Lipinski definition) is 3. The number of carboxylic acids is 1. The molecule has 2 amide bonds. The number of hydrogen-bond acceptors (Lipinski definition) is 3. The molecule has 2 aromatic rings. The van der Waals surface area contributed by atoms with Crippen LogP contribution in [0.1, 0.15) is 47.3 Å². The van der Waals surface area contributed by atoms with Gasteiger partial charge in [0, 0.05) is 18.2 Å². The lowest BCUT2D eigenvalue weighted by atomic mass is 10.0. The van der Waals surface area contributed by atoms with Crippen molar-refractivity contribution in [3.05, 3.63) is 77.4 Å². The van der Waals surface area contributed by atoms with Crippen molar-refractivity contribution in [1.29, 1.82) is 0 Å². The van der Waals surface area contributed by atoms with Gasteiger partial charge in [-0.05, 0) is 35.8 Å². The van der Waals surface area contributed by atoms with Crippen LogP contribution >= 0.6 is 0 Å². The van der Waals surface area contributed by atoms with Crippen molar-refractivity contribution >= 4 is 23.9 Å². The summed E-state index contributed by atoms with van der Waals surface area (Å²) in [6, 6.07) is 14.8. The molecule has 0 saturated carbocycles. The van der Waals surface area contributed by atoms with Crippen LogP contribution in [0.4, 0.5) is 0 Å². The molecule has 0 saturated heterocycles. The Balaban J connectivity index is 2.13. The third kappa shape index (κ3) is 6.39. The van der Waals surface area contributed by atoms with E-state index in [1.807, 2.05) is 25.1 Å². The Morgan fingerprint density at radius 2 is 1.71 bits per heavy atom. The second kappa shape index (κ2) is 10.7. The summed E-state index contributed by atoms with van der Waals surface area (Å²) in [7, 11) is 0. The molecule has 6 nitrogen and oxygen atoms in total. The lowest BCUT2D eigenvalue weighted by molar-refractivity contribution is -0.131. The van der Waals surface area contributed by atoms with Gasteiger partial charge in [-0.3, -0.25) is 9.59 Å². The highest BCUT2D eigenvalue weighted by Gasteiger charge is 2.22. The molecular formula is C22H24N2O4. The van der Waals surface area contributed by atoms with Crippen molar-refractivity contribution in [2.45, 2.75) is 25.8 Å². The number of carboxylic acid groups (broad SMARTS) is 1. The summed E-state index contributed by atoms with van der Waals surface area (Å²) in [4.78, 5) is 35.8. The van der Waals surface area contributed by atoms with E-state index >= 15 is 0 Å². The fourth-order valence-electron chi connectivity index (χ4n) is 2.56. The molecule has 146 valence electrons. The van der Waals surface area contributed by atoms with E-state index in [1.54, 1.807) is 36.4 Å². The first-order valence-electron chi connectivity index (χ1n) is 9.16. The van der Waals surface area contributed by atoms with E-state index in [4.69, 9.17) is 5.11 Å². The van der Waals surface area contributed by atoms with Gasteiger partial charge in [0.2, 0.25) is 5.91 Å². The Kier molecular flexibility index (Phi) is 7.96. The first-order valence-corrected chi connectivity index (χ1v) is 9.16. The minimum atomic E-state index is -1.04. The number of nitrogens with one attached hydrogen (secondary N) is 2. The first-order chi connectivity index (χ1) is 13.5. The maximum atomic E-state index is 12.6. The molecule has 6 heteroatoms. The normalized spacial score (nSPS) is 11.8. The van der Waals surface area contributed by atoms with Crippen LogP contribution in [0.3, 0.4) is 0 Å². The van der Waals surface area contributed by atoms with Crippen LogP contribution in [0.2, 0.25) is 0 Å². The molecule has 0 bridgehead atoms. The molecule has 0 aliphatic rings. The molecule has 2 rings (SSSR count). The summed E-state index contributed by atoms with van der Waals surface area (Å²) in [6.07, 6.45) is 4.30. The van der Waals surface area contributed by atoms with E-state index in [2.05, 4.69) is 10.6 Å². The molecule has 2 aromatic carbocycles. The number of amides is 2. The molecule has 1 atom stereocenters. The molecule has 0 radical (unpaired) electrons. The number of carbonyl (C=O) groups is 3. The van der Waals surface area contributed by atoms with Crippen molar-refractivity contribution in [2.24, 2.45) is 0 Å². The summed E-state index contributed by atoms with van der Waals surface area (Å²) >= 11 is 0. The fraction of sp³-hybridized carbons (Fsp3) is 0.227. The highest BCUT2D eigenvalue weighted by Crippen LogP contribution is 2.15. The molecular weight excluding hydrogens is 356 g/mol. The molecule has 3 N–H and O–H groups in total. The van der Waals surface area contributed by atoms with Crippen LogP contribution in [0.15, 0.2) is 60.7 Å². The molecule has 0 spiro atoms. The maximum absolute atomic E-state index is 12.6. The van der Waals surface area contributed by atoms with Crippen molar-refractivity contribution in [3.8, 4) is 0 Å². The smallest absolute Gasteiger partial charge is 0.328 e. The van der Waals surface area contributed by atoms with Gasteiger partial charge in [-0.15, -0.1) is 0 Å². The highest BCUT2D eigenvalue weighted by atomic mass is 16.4. The predicted molar refractivity (Wildman–Crippen MR) is 108 cm³/mol. The molecule has 1 unspecified atom stereocenters. The van der Waals surface area contributed by atoms with E-state index in [0.717, 1.165) is 18.9 Å². The van der Waals surface area contributed by atoms with Crippen LogP contribution in [0.5, 0.6) is 0 Å². The Labute approximate surface area is 164 Å². The van der Waals surface area contributed by atoms with Gasteiger partial charge in [0.1, 0.15) is 6.04 Å². The summed E-state index contributed by atoms with van der Waals surface area (Å²) in [5.74, 6) is -1.68. The monoisotopic (exact) mass is 380 g/mol. The van der Waals surface area contributed by atoms with Crippen LogP contribution in [-0.4, -0.2) is 29.4 Å². The molecule has 0 aliphatic heterocycles. The van der Waals surface area contributed by atoms with Gasteiger partial charge in [0.15, 0.2) is 0 Å². The van der Waals surface area contributed by atoms with Gasteiger partial charge >= 0.3 is 5.97 Å². The van der Waals surface area contributed by atoms with Crippen LogP contribution in [-0.2, 0) is 9.59 Å². The highest BCUT2D eigenvalue weighted by molar-refractivity contribution is 5.98. The lowest BCUT2D eigenvalue weighted by Crippen LogP contribution is -2.40. The number of carbonyl (C=O) groups excluding carboxylic acids is 2. The number of rotatable bonds is 9. The van der Waals surface area contributed by atoms with Crippen molar-refractivity contribution in [2.75, 3.05) is 6.54 Å². The number of aliphatic carboxylic acids is 1. The van der Waals surface area contributed by atoms with E-state index < -0.39 is 12.0 Å². The topological polar surface area (TPSA) is 95.5 Å². The van der Waals surface area contributed by atoms with Gasteiger partial charge < -0.3 is 15.7 Å². The molecule has 0 aromatic heterocycles. The van der Waals surface area contributed by atoms with E-state index in [0.29, 0.717) is 23.2 Å². The predicted octanol–water partition coefficient (Wildman–Crippen LogP) is 3.17. The second-order valence-corrected chi connectivity index (χ2v) is 6.26. The minimum Gasteiger partial charge on any atom is -0.478 e. The minimum absolute atomic E-state index is 0.256. The average molecular weight is 380 g/mol. The summed E-state index contributed by atoms with van der Waals surface area (Å²) in [5, 5.41) is 14.3. The Morgan fingerprint density at radius 1 is 1.04 bits per heavy atom. The summed E-state index contributed by atoms with van der Waals surface area (Å²) in [5.41, 5.74) is 1.75. The van der Waals surface area contributed by atoms with E-state index in [1.165, 1.54) is 6.08 Å². The zero-order chi connectivity index (χ0) is 20.4. The van der Waals surface area contributed by atoms with Crippen LogP contribution in [0, 0.1) is 0 Å². The summed E-state index contributed by atoms with van der Waals surface area (Å²) < 4.78 is 0. The Hall–Kier alpha value is -3.41. The third-order valence-corrected chi connectivity index (χ3v) is 4.09. The third-order valence-electron chi connectivity index (χ3n) is 4.09. The SMILES string of the molecule is CCCCNC(=O)C(NC(=O)c1ccc(/C=C/C(=O)O)cc1)c1ccccc1. The lowest BCUT2D eigenvalue weighted by Gasteiger charge is -2.19. The van der Waals surface area contributed by atoms with Gasteiger partial charge in [0.05, 0.1) is 0 Å². The van der Waals surface area contributed by atoms with Gasteiger partial charge in [-0.2, -0.15) is 0 Å². The molecule has 0 aliphatic carbocycles. The van der Waals surface area contributed by atoms with Gasteiger partial charge in [0.25, 0.3) is 5.91 Å². The molecule has 0 heterocycles. The standard InChI is InChI=1S/C22H24N2O4/c1-2-3-15-23-22(28)20(17-7-5-4-6-8-17)24-21(27)18-12-9-16(10-13-18)11-14-19(25)26/h4-14,20H,2-3,15H2,1H3,(H,23,28)(H,24,27)(H,25,26)/b14-11+. The zero-order valence-corrected chi connectivity index (χ0v) is 15.7. The van der Waals surface area contributed by atoms with Crippen LogP contribution in [0.25, 0.3) is 6.08 Å². The zero-order valence-electron chi connectivity index (χ0n) is 15.7. The number of unbranched alkanes of at least 4 members (excludes halogenated alkanes) is 1. The van der Waals surface area contributed by atoms with Gasteiger partial charge in [-0.25, -0.2) is 4.79 Å². The maximum Gasteiger partial charge on any atom is 0.328 e. The average Bonchev–Trinajstić information content (AvgIpc) is 2.71. The van der Waals surface area contributed by atoms with E-state index in [-0.39, 0.29) is 11.8 Å². The quantitative estimate of drug-likeness (QED) is 0.460. The first kappa shape index (κ1) is 20.9. The largest absolute Gasteiger partial charge is 0.478 e.